The summed E-state index contributed by atoms with van der Waals surface area (Å²) in [7, 11) is 0. The van der Waals surface area contributed by atoms with Gasteiger partial charge in [0.15, 0.2) is 0 Å². The Bertz CT molecular complexity index is 408. The van der Waals surface area contributed by atoms with Gasteiger partial charge in [-0.1, -0.05) is 12.1 Å². The lowest BCUT2D eigenvalue weighted by Crippen LogP contribution is -2.11. The van der Waals surface area contributed by atoms with Gasteiger partial charge < -0.3 is 15.8 Å². The Kier molecular flexibility index (Phi) is 2.04. The van der Waals surface area contributed by atoms with Gasteiger partial charge in [-0.2, -0.15) is 0 Å². The molecule has 2 rings (SSSR count). The number of aliphatic hydroxyl groups excluding tert-OH is 1. The van der Waals surface area contributed by atoms with E-state index in [4.69, 9.17) is 5.73 Å². The highest BCUT2D eigenvalue weighted by Gasteiger charge is 2.08. The molecule has 68 valence electrons. The summed E-state index contributed by atoms with van der Waals surface area (Å²) in [6.45, 7) is 0.254. The maximum absolute atomic E-state index is 9.61. The Morgan fingerprint density at radius 2 is 2.23 bits per heavy atom. The summed E-state index contributed by atoms with van der Waals surface area (Å²) < 4.78 is 0. The number of aliphatic hydroxyl groups is 1. The highest BCUT2D eigenvalue weighted by Crippen LogP contribution is 2.22. The maximum atomic E-state index is 9.61. The van der Waals surface area contributed by atoms with E-state index in [-0.39, 0.29) is 6.54 Å². The molecule has 3 heteroatoms. The zero-order valence-corrected chi connectivity index (χ0v) is 7.20. The summed E-state index contributed by atoms with van der Waals surface area (Å²) >= 11 is 0. The van der Waals surface area contributed by atoms with Gasteiger partial charge in [-0.05, 0) is 17.7 Å². The lowest BCUT2D eigenvalue weighted by Gasteiger charge is -2.08. The average molecular weight is 176 g/mol. The van der Waals surface area contributed by atoms with Crippen molar-refractivity contribution >= 4 is 10.9 Å². The fourth-order valence-corrected chi connectivity index (χ4v) is 1.53. The van der Waals surface area contributed by atoms with Gasteiger partial charge in [0.25, 0.3) is 0 Å². The fraction of sp³-hybridized carbons (Fsp3) is 0.200. The zero-order valence-electron chi connectivity index (χ0n) is 7.20. The second kappa shape index (κ2) is 3.20. The second-order valence-electron chi connectivity index (χ2n) is 3.04. The van der Waals surface area contributed by atoms with E-state index in [1.54, 1.807) is 0 Å². The maximum Gasteiger partial charge on any atom is 0.0918 e. The van der Waals surface area contributed by atoms with Crippen LogP contribution in [0.25, 0.3) is 10.9 Å². The summed E-state index contributed by atoms with van der Waals surface area (Å²) in [6.07, 6.45) is 1.29. The Morgan fingerprint density at radius 3 is 3.00 bits per heavy atom. The van der Waals surface area contributed by atoms with E-state index >= 15 is 0 Å². The molecular weight excluding hydrogens is 164 g/mol. The van der Waals surface area contributed by atoms with E-state index in [1.807, 2.05) is 30.5 Å². The van der Waals surface area contributed by atoms with E-state index in [2.05, 4.69) is 4.98 Å². The van der Waals surface area contributed by atoms with E-state index in [0.29, 0.717) is 0 Å². The molecule has 0 spiro atoms. The van der Waals surface area contributed by atoms with Crippen LogP contribution in [0.5, 0.6) is 0 Å². The molecule has 0 radical (unpaired) electrons. The molecule has 1 atom stereocenters. The molecule has 1 heterocycles. The highest BCUT2D eigenvalue weighted by molar-refractivity contribution is 5.83. The first-order chi connectivity index (χ1) is 6.33. The van der Waals surface area contributed by atoms with Gasteiger partial charge >= 0.3 is 0 Å². The lowest BCUT2D eigenvalue weighted by atomic mass is 10.1. The van der Waals surface area contributed by atoms with Gasteiger partial charge in [-0.15, -0.1) is 0 Å². The summed E-state index contributed by atoms with van der Waals surface area (Å²) in [5.74, 6) is 0. The molecule has 0 saturated carbocycles. The van der Waals surface area contributed by atoms with Crippen LogP contribution >= 0.6 is 0 Å². The predicted molar refractivity (Wildman–Crippen MR) is 52.3 cm³/mol. The van der Waals surface area contributed by atoms with Crippen LogP contribution in [0.1, 0.15) is 11.7 Å². The Labute approximate surface area is 76.2 Å². The van der Waals surface area contributed by atoms with Crippen LogP contribution in [-0.4, -0.2) is 16.6 Å². The Morgan fingerprint density at radius 1 is 1.38 bits per heavy atom. The van der Waals surface area contributed by atoms with E-state index < -0.39 is 6.10 Å². The van der Waals surface area contributed by atoms with Crippen LogP contribution in [0.2, 0.25) is 0 Å². The fourth-order valence-electron chi connectivity index (χ4n) is 1.53. The third-order valence-corrected chi connectivity index (χ3v) is 2.21. The highest BCUT2D eigenvalue weighted by atomic mass is 16.3. The molecule has 0 aliphatic carbocycles. The first-order valence-electron chi connectivity index (χ1n) is 4.27. The molecule has 4 N–H and O–H groups in total. The number of hydrogen-bond donors (Lipinski definition) is 3. The van der Waals surface area contributed by atoms with Crippen LogP contribution in [0.4, 0.5) is 0 Å². The number of fused-ring (bicyclic) bond motifs is 1. The summed E-state index contributed by atoms with van der Waals surface area (Å²) in [6, 6.07) is 7.73. The van der Waals surface area contributed by atoms with Gasteiger partial charge in [-0.25, -0.2) is 0 Å². The first kappa shape index (κ1) is 8.29. The third-order valence-electron chi connectivity index (χ3n) is 2.21. The minimum Gasteiger partial charge on any atom is -0.387 e. The average Bonchev–Trinajstić information content (AvgIpc) is 2.63. The number of hydrogen-bond acceptors (Lipinski definition) is 2. The van der Waals surface area contributed by atoms with Crippen molar-refractivity contribution < 1.29 is 5.11 Å². The van der Waals surface area contributed by atoms with Crippen molar-refractivity contribution in [2.24, 2.45) is 5.73 Å². The first-order valence-corrected chi connectivity index (χ1v) is 4.27. The number of nitrogens with two attached hydrogens (primary N) is 1. The molecule has 0 unspecified atom stereocenters. The monoisotopic (exact) mass is 176 g/mol. The topological polar surface area (TPSA) is 62.0 Å². The smallest absolute Gasteiger partial charge is 0.0918 e. The largest absolute Gasteiger partial charge is 0.387 e. The summed E-state index contributed by atoms with van der Waals surface area (Å²) in [5.41, 5.74) is 7.33. The number of rotatable bonds is 2. The Balaban J connectivity index is 2.60. The molecular formula is C10H12N2O. The number of H-pyrrole nitrogens is 1. The van der Waals surface area contributed by atoms with Crippen molar-refractivity contribution in [3.8, 4) is 0 Å². The Hall–Kier alpha value is -1.32. The number of nitrogens with one attached hydrogen (secondary N) is 1. The number of aromatic amines is 1. The van der Waals surface area contributed by atoms with Crippen LogP contribution in [0.3, 0.4) is 0 Å². The standard InChI is InChI=1S/C10H12N2O/c11-6-10(13)8-2-1-3-9-7(8)4-5-12-9/h1-5,10,12-13H,6,11H2/t10-/m0/s1. The minimum atomic E-state index is -0.570. The molecule has 0 saturated heterocycles. The molecule has 1 aromatic carbocycles. The lowest BCUT2D eigenvalue weighted by molar-refractivity contribution is 0.188. The molecule has 2 aromatic rings. The molecule has 0 aliphatic heterocycles. The quantitative estimate of drug-likeness (QED) is 0.643. The molecule has 0 aliphatic rings. The van der Waals surface area contributed by atoms with Crippen molar-refractivity contribution in [3.05, 3.63) is 36.0 Å². The normalized spacial score (nSPS) is 13.4. The van der Waals surface area contributed by atoms with E-state index in [9.17, 15) is 5.11 Å². The summed E-state index contributed by atoms with van der Waals surface area (Å²) in [4.78, 5) is 3.09. The van der Waals surface area contributed by atoms with Gasteiger partial charge in [-0.3, -0.25) is 0 Å². The van der Waals surface area contributed by atoms with Crippen molar-refractivity contribution in [3.63, 3.8) is 0 Å². The van der Waals surface area contributed by atoms with Gasteiger partial charge in [0, 0.05) is 23.6 Å². The van der Waals surface area contributed by atoms with E-state index in [1.165, 1.54) is 0 Å². The van der Waals surface area contributed by atoms with Crippen LogP contribution in [-0.2, 0) is 0 Å². The molecule has 0 bridgehead atoms. The number of aromatic nitrogens is 1. The molecule has 0 amide bonds. The van der Waals surface area contributed by atoms with Crippen LogP contribution in [0, 0.1) is 0 Å². The minimum absolute atomic E-state index is 0.254. The second-order valence-corrected chi connectivity index (χ2v) is 3.04. The SMILES string of the molecule is NC[C@H](O)c1cccc2[nH]ccc12. The predicted octanol–water partition coefficient (Wildman–Crippen LogP) is 1.16. The zero-order chi connectivity index (χ0) is 9.26. The van der Waals surface area contributed by atoms with Crippen LogP contribution < -0.4 is 5.73 Å². The van der Waals surface area contributed by atoms with Crippen molar-refractivity contribution in [1.29, 1.82) is 0 Å². The van der Waals surface area contributed by atoms with Gasteiger partial charge in [0.2, 0.25) is 0 Å². The molecule has 0 fully saturated rings. The van der Waals surface area contributed by atoms with Gasteiger partial charge in [0.1, 0.15) is 0 Å². The van der Waals surface area contributed by atoms with E-state index in [0.717, 1.165) is 16.5 Å². The van der Waals surface area contributed by atoms with Crippen LogP contribution in [0.15, 0.2) is 30.5 Å². The van der Waals surface area contributed by atoms with Crippen molar-refractivity contribution in [2.45, 2.75) is 6.10 Å². The summed E-state index contributed by atoms with van der Waals surface area (Å²) in [5, 5.41) is 10.6. The number of benzene rings is 1. The van der Waals surface area contributed by atoms with Crippen molar-refractivity contribution in [2.75, 3.05) is 6.54 Å². The van der Waals surface area contributed by atoms with Gasteiger partial charge in [0.05, 0.1) is 6.10 Å². The molecule has 13 heavy (non-hydrogen) atoms. The third kappa shape index (κ3) is 1.32. The molecule has 1 aromatic heterocycles. The van der Waals surface area contributed by atoms with Crippen molar-refractivity contribution in [1.82, 2.24) is 4.98 Å². The molecule has 3 nitrogen and oxygen atoms in total.